The molecule has 3 nitrogen and oxygen atoms in total. The number of ether oxygens (including phenoxy) is 1. The first-order valence-corrected chi connectivity index (χ1v) is 7.77. The van der Waals surface area contributed by atoms with Crippen LogP contribution in [0.2, 0.25) is 0 Å². The Morgan fingerprint density at radius 1 is 1.04 bits per heavy atom. The van der Waals surface area contributed by atoms with Gasteiger partial charge in [-0.1, -0.05) is 47.5 Å². The Morgan fingerprint density at radius 3 is 2.43 bits per heavy atom. The van der Waals surface area contributed by atoms with Crippen molar-refractivity contribution < 1.29 is 9.53 Å². The average molecular weight is 309 g/mol. The van der Waals surface area contributed by atoms with E-state index in [1.165, 1.54) is 11.1 Å². The quantitative estimate of drug-likeness (QED) is 0.651. The number of nitrogens with one attached hydrogen (secondary N) is 1. The molecule has 2 aromatic rings. The van der Waals surface area contributed by atoms with Crippen LogP contribution in [-0.2, 0) is 4.79 Å². The van der Waals surface area contributed by atoms with Crippen LogP contribution in [0, 0.1) is 20.8 Å². The SMILES string of the molecule is Cc1ccc(/C=C/C(=O)NCCOc2ccc(C)cc2C)cc1. The van der Waals surface area contributed by atoms with E-state index in [1.807, 2.05) is 50.2 Å². The summed E-state index contributed by atoms with van der Waals surface area (Å²) in [6.45, 7) is 7.04. The molecule has 0 bridgehead atoms. The molecule has 0 atom stereocenters. The zero-order valence-electron chi connectivity index (χ0n) is 13.9. The molecule has 2 rings (SSSR count). The standard InChI is InChI=1S/C20H23NO2/c1-15-4-7-18(8-5-15)9-11-20(22)21-12-13-23-19-10-6-16(2)14-17(19)3/h4-11,14H,12-13H2,1-3H3,(H,21,22)/b11-9+. The second-order valence-electron chi connectivity index (χ2n) is 5.65. The molecule has 2 aromatic carbocycles. The molecule has 1 amide bonds. The molecule has 0 aliphatic carbocycles. The topological polar surface area (TPSA) is 38.3 Å². The van der Waals surface area contributed by atoms with Crippen LogP contribution in [-0.4, -0.2) is 19.1 Å². The lowest BCUT2D eigenvalue weighted by molar-refractivity contribution is -0.116. The molecule has 0 fully saturated rings. The van der Waals surface area contributed by atoms with E-state index in [4.69, 9.17) is 4.74 Å². The number of aryl methyl sites for hydroxylation is 3. The second kappa shape index (κ2) is 8.18. The number of carbonyl (C=O) groups excluding carboxylic acids is 1. The molecule has 0 radical (unpaired) electrons. The summed E-state index contributed by atoms with van der Waals surface area (Å²) < 4.78 is 5.68. The Morgan fingerprint density at radius 2 is 1.74 bits per heavy atom. The first kappa shape index (κ1) is 16.8. The Balaban J connectivity index is 1.73. The van der Waals surface area contributed by atoms with Crippen LogP contribution in [0.25, 0.3) is 6.08 Å². The Labute approximate surface area is 138 Å². The first-order chi connectivity index (χ1) is 11.0. The molecule has 0 saturated carbocycles. The average Bonchev–Trinajstić information content (AvgIpc) is 2.52. The minimum atomic E-state index is -0.116. The molecular formula is C20H23NO2. The Hall–Kier alpha value is -2.55. The van der Waals surface area contributed by atoms with Gasteiger partial charge in [-0.25, -0.2) is 0 Å². The van der Waals surface area contributed by atoms with Gasteiger partial charge in [0.2, 0.25) is 5.91 Å². The van der Waals surface area contributed by atoms with Crippen LogP contribution in [0.1, 0.15) is 22.3 Å². The molecule has 0 unspecified atom stereocenters. The van der Waals surface area contributed by atoms with Gasteiger partial charge in [0.15, 0.2) is 0 Å². The van der Waals surface area contributed by atoms with E-state index in [1.54, 1.807) is 12.2 Å². The summed E-state index contributed by atoms with van der Waals surface area (Å²) >= 11 is 0. The van der Waals surface area contributed by atoms with E-state index in [9.17, 15) is 4.79 Å². The van der Waals surface area contributed by atoms with Crippen molar-refractivity contribution in [2.45, 2.75) is 20.8 Å². The zero-order valence-corrected chi connectivity index (χ0v) is 13.9. The molecule has 0 saturated heterocycles. The Bertz CT molecular complexity index is 687. The lowest BCUT2D eigenvalue weighted by atomic mass is 10.1. The third-order valence-electron chi connectivity index (χ3n) is 3.49. The minimum Gasteiger partial charge on any atom is -0.491 e. The summed E-state index contributed by atoms with van der Waals surface area (Å²) in [5, 5.41) is 2.81. The zero-order chi connectivity index (χ0) is 16.7. The predicted octanol–water partition coefficient (Wildman–Crippen LogP) is 3.82. The van der Waals surface area contributed by atoms with E-state index >= 15 is 0 Å². The van der Waals surface area contributed by atoms with Gasteiger partial charge < -0.3 is 10.1 Å². The summed E-state index contributed by atoms with van der Waals surface area (Å²) in [7, 11) is 0. The molecule has 3 heteroatoms. The van der Waals surface area contributed by atoms with Gasteiger partial charge in [0, 0.05) is 6.08 Å². The third-order valence-corrected chi connectivity index (χ3v) is 3.49. The fraction of sp³-hybridized carbons (Fsp3) is 0.250. The molecule has 1 N–H and O–H groups in total. The number of hydrogen-bond donors (Lipinski definition) is 1. The van der Waals surface area contributed by atoms with Crippen molar-refractivity contribution in [3.8, 4) is 5.75 Å². The molecular weight excluding hydrogens is 286 g/mol. The maximum Gasteiger partial charge on any atom is 0.244 e. The highest BCUT2D eigenvalue weighted by atomic mass is 16.5. The number of hydrogen-bond acceptors (Lipinski definition) is 2. The van der Waals surface area contributed by atoms with E-state index < -0.39 is 0 Å². The highest BCUT2D eigenvalue weighted by Crippen LogP contribution is 2.18. The third kappa shape index (κ3) is 5.62. The molecule has 23 heavy (non-hydrogen) atoms. The van der Waals surface area contributed by atoms with Crippen molar-refractivity contribution >= 4 is 12.0 Å². The van der Waals surface area contributed by atoms with Gasteiger partial charge in [0.05, 0.1) is 6.54 Å². The normalized spacial score (nSPS) is 10.7. The van der Waals surface area contributed by atoms with Crippen molar-refractivity contribution in [1.29, 1.82) is 0 Å². The maximum absolute atomic E-state index is 11.8. The van der Waals surface area contributed by atoms with Crippen LogP contribution in [0.3, 0.4) is 0 Å². The summed E-state index contributed by atoms with van der Waals surface area (Å²) in [6.07, 6.45) is 3.35. The summed E-state index contributed by atoms with van der Waals surface area (Å²) in [5.74, 6) is 0.745. The second-order valence-corrected chi connectivity index (χ2v) is 5.65. The van der Waals surface area contributed by atoms with Gasteiger partial charge in [0.1, 0.15) is 12.4 Å². The summed E-state index contributed by atoms with van der Waals surface area (Å²) in [4.78, 5) is 11.8. The fourth-order valence-electron chi connectivity index (χ4n) is 2.20. The van der Waals surface area contributed by atoms with Crippen molar-refractivity contribution in [1.82, 2.24) is 5.32 Å². The molecule has 120 valence electrons. The smallest absolute Gasteiger partial charge is 0.244 e. The van der Waals surface area contributed by atoms with Gasteiger partial charge in [-0.2, -0.15) is 0 Å². The number of amides is 1. The molecule has 0 aliphatic heterocycles. The largest absolute Gasteiger partial charge is 0.491 e. The fourth-order valence-corrected chi connectivity index (χ4v) is 2.20. The monoisotopic (exact) mass is 309 g/mol. The minimum absolute atomic E-state index is 0.116. The lowest BCUT2D eigenvalue weighted by Crippen LogP contribution is -2.26. The van der Waals surface area contributed by atoms with Crippen LogP contribution in [0.5, 0.6) is 5.75 Å². The number of benzene rings is 2. The van der Waals surface area contributed by atoms with Crippen LogP contribution in [0.15, 0.2) is 48.5 Å². The van der Waals surface area contributed by atoms with Crippen LogP contribution in [0.4, 0.5) is 0 Å². The highest BCUT2D eigenvalue weighted by Gasteiger charge is 2.00. The van der Waals surface area contributed by atoms with Crippen LogP contribution >= 0.6 is 0 Å². The molecule has 0 heterocycles. The van der Waals surface area contributed by atoms with Crippen molar-refractivity contribution in [3.05, 3.63) is 70.8 Å². The van der Waals surface area contributed by atoms with E-state index in [-0.39, 0.29) is 5.91 Å². The Kier molecular flexibility index (Phi) is 5.98. The maximum atomic E-state index is 11.8. The summed E-state index contributed by atoms with van der Waals surface area (Å²) in [5.41, 5.74) is 4.53. The van der Waals surface area contributed by atoms with Gasteiger partial charge >= 0.3 is 0 Å². The van der Waals surface area contributed by atoms with Crippen molar-refractivity contribution in [2.75, 3.05) is 13.2 Å². The molecule has 0 spiro atoms. The van der Waals surface area contributed by atoms with Crippen molar-refractivity contribution in [3.63, 3.8) is 0 Å². The van der Waals surface area contributed by atoms with Gasteiger partial charge in [-0.05, 0) is 44.0 Å². The highest BCUT2D eigenvalue weighted by molar-refractivity contribution is 5.91. The molecule has 0 aromatic heterocycles. The van der Waals surface area contributed by atoms with E-state index in [0.29, 0.717) is 13.2 Å². The molecule has 0 aliphatic rings. The van der Waals surface area contributed by atoms with E-state index in [2.05, 4.69) is 18.3 Å². The lowest BCUT2D eigenvalue weighted by Gasteiger charge is -2.09. The van der Waals surface area contributed by atoms with Gasteiger partial charge in [0.25, 0.3) is 0 Å². The van der Waals surface area contributed by atoms with Crippen molar-refractivity contribution in [2.24, 2.45) is 0 Å². The van der Waals surface area contributed by atoms with Gasteiger partial charge in [-0.15, -0.1) is 0 Å². The number of rotatable bonds is 6. The first-order valence-electron chi connectivity index (χ1n) is 7.77. The predicted molar refractivity (Wildman–Crippen MR) is 94.6 cm³/mol. The number of carbonyl (C=O) groups is 1. The van der Waals surface area contributed by atoms with Crippen LogP contribution < -0.4 is 10.1 Å². The summed E-state index contributed by atoms with van der Waals surface area (Å²) in [6, 6.07) is 14.1. The van der Waals surface area contributed by atoms with E-state index in [0.717, 1.165) is 16.9 Å². The van der Waals surface area contributed by atoms with Gasteiger partial charge in [-0.3, -0.25) is 4.79 Å².